The fourth-order valence-corrected chi connectivity index (χ4v) is 2.20. The Morgan fingerprint density at radius 1 is 1.36 bits per heavy atom. The van der Waals surface area contributed by atoms with Crippen LogP contribution in [0.2, 0.25) is 0 Å². The lowest BCUT2D eigenvalue weighted by Gasteiger charge is -2.31. The molecule has 0 amide bonds. The van der Waals surface area contributed by atoms with E-state index in [1.165, 1.54) is 25.7 Å². The Hall–Kier alpha value is -0.0400. The van der Waals surface area contributed by atoms with E-state index in [1.807, 2.05) is 0 Å². The molecule has 2 aliphatic rings. The molecule has 2 saturated carbocycles. The van der Waals surface area contributed by atoms with Crippen molar-refractivity contribution in [1.29, 1.82) is 0 Å². The van der Waals surface area contributed by atoms with Crippen LogP contribution in [0.1, 0.15) is 39.5 Å². The molecule has 0 aromatic carbocycles. The van der Waals surface area contributed by atoms with Crippen molar-refractivity contribution in [3.05, 3.63) is 0 Å². The summed E-state index contributed by atoms with van der Waals surface area (Å²) in [5, 5.41) is 9.84. The molecule has 0 aliphatic heterocycles. The van der Waals surface area contributed by atoms with E-state index in [1.54, 1.807) is 0 Å². The predicted molar refractivity (Wildman–Crippen MR) is 45.2 cm³/mol. The van der Waals surface area contributed by atoms with Gasteiger partial charge in [0.2, 0.25) is 0 Å². The molecule has 2 unspecified atom stereocenters. The first-order chi connectivity index (χ1) is 5.11. The summed E-state index contributed by atoms with van der Waals surface area (Å²) in [7, 11) is 0. The third kappa shape index (κ3) is 1.20. The van der Waals surface area contributed by atoms with E-state index in [0.29, 0.717) is 17.3 Å². The van der Waals surface area contributed by atoms with E-state index in [9.17, 15) is 5.11 Å². The molecule has 2 rings (SSSR count). The molecule has 1 heteroatoms. The fraction of sp³-hybridized carbons (Fsp3) is 1.00. The van der Waals surface area contributed by atoms with Crippen molar-refractivity contribution in [3.63, 3.8) is 0 Å². The topological polar surface area (TPSA) is 20.2 Å². The summed E-state index contributed by atoms with van der Waals surface area (Å²) in [5.74, 6) is 1.27. The van der Waals surface area contributed by atoms with Gasteiger partial charge in [0.05, 0.1) is 6.10 Å². The van der Waals surface area contributed by atoms with Crippen molar-refractivity contribution in [3.8, 4) is 0 Å². The summed E-state index contributed by atoms with van der Waals surface area (Å²) in [6.45, 7) is 4.53. The molecule has 0 aromatic rings. The second kappa shape index (κ2) is 2.22. The molecule has 64 valence electrons. The summed E-state index contributed by atoms with van der Waals surface area (Å²) in [6, 6.07) is 0. The van der Waals surface area contributed by atoms with E-state index in [2.05, 4.69) is 13.8 Å². The monoisotopic (exact) mass is 154 g/mol. The van der Waals surface area contributed by atoms with Gasteiger partial charge in [0.15, 0.2) is 0 Å². The molecule has 2 atom stereocenters. The molecule has 1 nitrogen and oxygen atoms in total. The normalized spacial score (nSPS) is 37.9. The van der Waals surface area contributed by atoms with Crippen LogP contribution in [0.15, 0.2) is 0 Å². The first kappa shape index (κ1) is 7.60. The minimum atomic E-state index is 0.0266. The van der Waals surface area contributed by atoms with E-state index in [4.69, 9.17) is 0 Å². The largest absolute Gasteiger partial charge is 0.393 e. The molecule has 11 heavy (non-hydrogen) atoms. The van der Waals surface area contributed by atoms with Gasteiger partial charge in [-0.05, 0) is 36.5 Å². The van der Waals surface area contributed by atoms with E-state index in [-0.39, 0.29) is 6.10 Å². The Morgan fingerprint density at radius 2 is 1.91 bits per heavy atom. The quantitative estimate of drug-likeness (QED) is 0.646. The summed E-state index contributed by atoms with van der Waals surface area (Å²) < 4.78 is 0. The van der Waals surface area contributed by atoms with Crippen molar-refractivity contribution >= 4 is 0 Å². The van der Waals surface area contributed by atoms with Crippen molar-refractivity contribution in [2.45, 2.75) is 45.6 Å². The van der Waals surface area contributed by atoms with Crippen LogP contribution in [-0.4, -0.2) is 11.2 Å². The van der Waals surface area contributed by atoms with Crippen LogP contribution in [0.5, 0.6) is 0 Å². The molecule has 2 fully saturated rings. The molecule has 2 aliphatic carbocycles. The zero-order chi connectivity index (χ0) is 8.06. The molecule has 0 saturated heterocycles. The highest BCUT2D eigenvalue weighted by atomic mass is 16.3. The first-order valence-electron chi connectivity index (χ1n) is 4.79. The van der Waals surface area contributed by atoms with Gasteiger partial charge in [-0.2, -0.15) is 0 Å². The second-order valence-electron chi connectivity index (χ2n) is 4.98. The van der Waals surface area contributed by atoms with Crippen LogP contribution in [0.3, 0.4) is 0 Å². The Balaban J connectivity index is 1.86. The Bertz CT molecular complexity index is 158. The molecule has 0 radical (unpaired) electrons. The van der Waals surface area contributed by atoms with Gasteiger partial charge in [-0.1, -0.05) is 20.3 Å². The third-order valence-corrected chi connectivity index (χ3v) is 3.63. The lowest BCUT2D eigenvalue weighted by Crippen LogP contribution is -2.29. The van der Waals surface area contributed by atoms with Gasteiger partial charge >= 0.3 is 0 Å². The van der Waals surface area contributed by atoms with Gasteiger partial charge in [0, 0.05) is 0 Å². The van der Waals surface area contributed by atoms with Crippen LogP contribution in [0.4, 0.5) is 0 Å². The summed E-state index contributed by atoms with van der Waals surface area (Å²) >= 11 is 0. The number of hydrogen-bond acceptors (Lipinski definition) is 1. The number of hydrogen-bond donors (Lipinski definition) is 1. The molecular weight excluding hydrogens is 136 g/mol. The highest BCUT2D eigenvalue weighted by Crippen LogP contribution is 2.56. The van der Waals surface area contributed by atoms with Crippen molar-refractivity contribution in [2.75, 3.05) is 0 Å². The average molecular weight is 154 g/mol. The zero-order valence-electron chi connectivity index (χ0n) is 7.51. The molecule has 0 aromatic heterocycles. The second-order valence-corrected chi connectivity index (χ2v) is 4.98. The maximum absolute atomic E-state index is 9.84. The maximum Gasteiger partial charge on any atom is 0.0601 e. The lowest BCUT2D eigenvalue weighted by atomic mass is 9.78. The van der Waals surface area contributed by atoms with Gasteiger partial charge in [-0.3, -0.25) is 0 Å². The van der Waals surface area contributed by atoms with Crippen molar-refractivity contribution in [2.24, 2.45) is 17.3 Å². The average Bonchev–Trinajstić information content (AvgIpc) is 2.35. The molecule has 0 spiro atoms. The van der Waals surface area contributed by atoms with Crippen LogP contribution >= 0.6 is 0 Å². The molecule has 0 bridgehead atoms. The molecule has 1 N–H and O–H groups in total. The summed E-state index contributed by atoms with van der Waals surface area (Å²) in [6.07, 6.45) is 5.15. The van der Waals surface area contributed by atoms with Crippen LogP contribution in [0, 0.1) is 17.3 Å². The summed E-state index contributed by atoms with van der Waals surface area (Å²) in [5.41, 5.74) is 0.453. The third-order valence-electron chi connectivity index (χ3n) is 3.63. The first-order valence-corrected chi connectivity index (χ1v) is 4.79. The smallest absolute Gasteiger partial charge is 0.0601 e. The maximum atomic E-state index is 9.84. The van der Waals surface area contributed by atoms with E-state index < -0.39 is 0 Å². The Morgan fingerprint density at radius 3 is 2.18 bits per heavy atom. The fourth-order valence-electron chi connectivity index (χ4n) is 2.20. The number of aliphatic hydroxyl groups excluding tert-OH is 1. The van der Waals surface area contributed by atoms with Gasteiger partial charge in [0.1, 0.15) is 0 Å². The minimum Gasteiger partial charge on any atom is -0.393 e. The number of aliphatic hydroxyl groups is 1. The van der Waals surface area contributed by atoms with Crippen LogP contribution in [0.25, 0.3) is 0 Å². The number of rotatable bonds is 2. The SMILES string of the molecule is CC1(C)CC1C(O)C1CCC1. The summed E-state index contributed by atoms with van der Waals surface area (Å²) in [4.78, 5) is 0. The van der Waals surface area contributed by atoms with Gasteiger partial charge in [-0.15, -0.1) is 0 Å². The highest BCUT2D eigenvalue weighted by molar-refractivity contribution is 5.01. The van der Waals surface area contributed by atoms with E-state index >= 15 is 0 Å². The van der Waals surface area contributed by atoms with E-state index in [0.717, 1.165) is 0 Å². The molecule has 0 heterocycles. The van der Waals surface area contributed by atoms with Gasteiger partial charge in [0.25, 0.3) is 0 Å². The van der Waals surface area contributed by atoms with Crippen LogP contribution in [-0.2, 0) is 0 Å². The van der Waals surface area contributed by atoms with Crippen molar-refractivity contribution in [1.82, 2.24) is 0 Å². The van der Waals surface area contributed by atoms with Gasteiger partial charge < -0.3 is 5.11 Å². The molecular formula is C10H18O. The standard InChI is InChI=1S/C10H18O/c1-10(2)6-8(10)9(11)7-4-3-5-7/h7-9,11H,3-6H2,1-2H3. The minimum absolute atomic E-state index is 0.0266. The predicted octanol–water partition coefficient (Wildman–Crippen LogP) is 2.19. The Kier molecular flexibility index (Phi) is 1.54. The van der Waals surface area contributed by atoms with Crippen LogP contribution < -0.4 is 0 Å². The lowest BCUT2D eigenvalue weighted by molar-refractivity contribution is 0.0357. The zero-order valence-corrected chi connectivity index (χ0v) is 7.51. The highest BCUT2D eigenvalue weighted by Gasteiger charge is 2.52. The van der Waals surface area contributed by atoms with Gasteiger partial charge in [-0.25, -0.2) is 0 Å². The Labute approximate surface area is 68.8 Å². The van der Waals surface area contributed by atoms with Crippen molar-refractivity contribution < 1.29 is 5.11 Å².